The summed E-state index contributed by atoms with van der Waals surface area (Å²) >= 11 is 0. The van der Waals surface area contributed by atoms with Gasteiger partial charge in [0.05, 0.1) is 6.07 Å². The molecule has 0 aliphatic rings. The van der Waals surface area contributed by atoms with Gasteiger partial charge < -0.3 is 0 Å². The third-order valence-corrected chi connectivity index (χ3v) is 1.84. The molecule has 0 atom stereocenters. The molecule has 0 unspecified atom stereocenters. The monoisotopic (exact) mass is 194 g/mol. The minimum atomic E-state index is -2.61. The molecular formula is C11H9F2N. The summed E-state index contributed by atoms with van der Waals surface area (Å²) in [6.07, 6.45) is -1.73. The van der Waals surface area contributed by atoms with Crippen LogP contribution in [-0.4, -0.2) is 6.43 Å². The SMILES string of the molecule is Cc1ccc(C(=C[13C]#N)C(F)F)cc1. The number of rotatable bonds is 2. The second kappa shape index (κ2) is 4.52. The Bertz CT molecular complexity index is 371. The van der Waals surface area contributed by atoms with Crippen LogP contribution in [0.2, 0.25) is 0 Å². The Hall–Kier alpha value is -1.69. The molecule has 1 rings (SSSR count). The van der Waals surface area contributed by atoms with Crippen LogP contribution in [-0.2, 0) is 0 Å². The van der Waals surface area contributed by atoms with Crippen molar-refractivity contribution < 1.29 is 8.78 Å². The molecule has 1 aromatic rings. The smallest absolute Gasteiger partial charge is 0.205 e. The molecule has 0 saturated heterocycles. The first-order valence-corrected chi connectivity index (χ1v) is 4.10. The molecule has 0 aliphatic carbocycles. The lowest BCUT2D eigenvalue weighted by atomic mass is 10.1. The first-order valence-electron chi connectivity index (χ1n) is 4.10. The molecule has 0 amide bonds. The highest BCUT2D eigenvalue weighted by Gasteiger charge is 2.12. The van der Waals surface area contributed by atoms with Crippen molar-refractivity contribution in [3.05, 3.63) is 41.5 Å². The van der Waals surface area contributed by atoms with E-state index in [1.54, 1.807) is 30.3 Å². The number of halogens is 2. The van der Waals surface area contributed by atoms with Crippen molar-refractivity contribution in [2.24, 2.45) is 0 Å². The van der Waals surface area contributed by atoms with E-state index in [0.717, 1.165) is 11.6 Å². The van der Waals surface area contributed by atoms with Crippen LogP contribution in [0.15, 0.2) is 30.3 Å². The Labute approximate surface area is 81.3 Å². The summed E-state index contributed by atoms with van der Waals surface area (Å²) in [5.41, 5.74) is 1.17. The number of aryl methyl sites for hydroxylation is 1. The summed E-state index contributed by atoms with van der Waals surface area (Å²) in [5.74, 6) is 0. The largest absolute Gasteiger partial charge is 0.265 e. The number of hydrogen-bond acceptors (Lipinski definition) is 1. The van der Waals surface area contributed by atoms with E-state index in [0.29, 0.717) is 5.56 Å². The van der Waals surface area contributed by atoms with Crippen LogP contribution in [0.1, 0.15) is 11.1 Å². The highest BCUT2D eigenvalue weighted by Crippen LogP contribution is 2.21. The summed E-state index contributed by atoms with van der Waals surface area (Å²) in [5, 5.41) is 8.34. The van der Waals surface area contributed by atoms with Crippen LogP contribution in [0.25, 0.3) is 5.57 Å². The predicted octanol–water partition coefficient (Wildman–Crippen LogP) is 3.17. The molecule has 14 heavy (non-hydrogen) atoms. The third kappa shape index (κ3) is 2.40. The molecule has 0 bridgehead atoms. The zero-order valence-electron chi connectivity index (χ0n) is 7.67. The molecular weight excluding hydrogens is 185 g/mol. The fraction of sp³-hybridized carbons (Fsp3) is 0.182. The van der Waals surface area contributed by atoms with Gasteiger partial charge in [-0.25, -0.2) is 8.78 Å². The Kier molecular flexibility index (Phi) is 3.35. The van der Waals surface area contributed by atoms with E-state index in [1.807, 2.05) is 6.92 Å². The maximum Gasteiger partial charge on any atom is 0.265 e. The van der Waals surface area contributed by atoms with Gasteiger partial charge in [-0.05, 0) is 12.5 Å². The van der Waals surface area contributed by atoms with Gasteiger partial charge in [-0.1, -0.05) is 29.8 Å². The second-order valence-electron chi connectivity index (χ2n) is 2.90. The Balaban J connectivity index is 3.08. The molecule has 3 heteroatoms. The van der Waals surface area contributed by atoms with Gasteiger partial charge in [0.2, 0.25) is 0 Å². The first kappa shape index (κ1) is 10.4. The van der Waals surface area contributed by atoms with Crippen molar-refractivity contribution in [3.8, 4) is 6.07 Å². The summed E-state index contributed by atoms with van der Waals surface area (Å²) in [4.78, 5) is 0. The molecule has 0 aromatic heterocycles. The molecule has 1 nitrogen and oxygen atoms in total. The van der Waals surface area contributed by atoms with Crippen LogP contribution in [0.5, 0.6) is 0 Å². The zero-order chi connectivity index (χ0) is 10.6. The van der Waals surface area contributed by atoms with E-state index in [2.05, 4.69) is 0 Å². The highest BCUT2D eigenvalue weighted by molar-refractivity contribution is 5.69. The van der Waals surface area contributed by atoms with Crippen LogP contribution in [0.4, 0.5) is 8.78 Å². The molecule has 0 radical (unpaired) electrons. The maximum atomic E-state index is 12.5. The van der Waals surface area contributed by atoms with Crippen molar-refractivity contribution in [1.82, 2.24) is 0 Å². The molecule has 0 saturated carbocycles. The average molecular weight is 194 g/mol. The lowest BCUT2D eigenvalue weighted by Crippen LogP contribution is -1.95. The van der Waals surface area contributed by atoms with E-state index in [9.17, 15) is 8.78 Å². The molecule has 0 heterocycles. The summed E-state index contributed by atoms with van der Waals surface area (Å²) in [6.45, 7) is 1.87. The molecule has 72 valence electrons. The quantitative estimate of drug-likeness (QED) is 0.524. The van der Waals surface area contributed by atoms with Crippen LogP contribution >= 0.6 is 0 Å². The topological polar surface area (TPSA) is 23.8 Å². The second-order valence-corrected chi connectivity index (χ2v) is 2.90. The zero-order valence-corrected chi connectivity index (χ0v) is 7.67. The van der Waals surface area contributed by atoms with Gasteiger partial charge in [0.15, 0.2) is 0 Å². The number of alkyl halides is 2. The van der Waals surface area contributed by atoms with Crippen LogP contribution < -0.4 is 0 Å². The van der Waals surface area contributed by atoms with Crippen molar-refractivity contribution in [2.45, 2.75) is 13.3 Å². The van der Waals surface area contributed by atoms with Crippen molar-refractivity contribution in [3.63, 3.8) is 0 Å². The number of hydrogen-bond donors (Lipinski definition) is 0. The minimum Gasteiger partial charge on any atom is -0.205 e. The Morgan fingerprint density at radius 1 is 1.36 bits per heavy atom. The molecule has 0 fully saturated rings. The number of allylic oxidation sites excluding steroid dienone is 2. The van der Waals surface area contributed by atoms with Gasteiger partial charge >= 0.3 is 0 Å². The number of nitrogens with zero attached hydrogens (tertiary/aromatic N) is 1. The summed E-state index contributed by atoms with van der Waals surface area (Å²) in [7, 11) is 0. The minimum absolute atomic E-state index is 0.229. The fourth-order valence-corrected chi connectivity index (χ4v) is 1.09. The van der Waals surface area contributed by atoms with Crippen molar-refractivity contribution in [2.75, 3.05) is 0 Å². The van der Waals surface area contributed by atoms with Crippen molar-refractivity contribution in [1.29, 1.82) is 5.26 Å². The van der Waals surface area contributed by atoms with E-state index in [1.165, 1.54) is 0 Å². The first-order chi connectivity index (χ1) is 6.65. The van der Waals surface area contributed by atoms with Gasteiger partial charge in [0, 0.05) is 11.6 Å². The number of nitriles is 1. The van der Waals surface area contributed by atoms with Gasteiger partial charge in [-0.15, -0.1) is 0 Å². The van der Waals surface area contributed by atoms with Crippen LogP contribution in [0.3, 0.4) is 0 Å². The van der Waals surface area contributed by atoms with Gasteiger partial charge in [0.1, 0.15) is 0 Å². The average Bonchev–Trinajstić information content (AvgIpc) is 2.15. The molecule has 0 spiro atoms. The van der Waals surface area contributed by atoms with E-state index in [4.69, 9.17) is 5.26 Å². The van der Waals surface area contributed by atoms with E-state index >= 15 is 0 Å². The Morgan fingerprint density at radius 2 is 1.93 bits per heavy atom. The third-order valence-electron chi connectivity index (χ3n) is 1.84. The standard InChI is InChI=1S/C11H9F2N/c1-8-2-4-9(5-3-8)10(6-7-14)11(12)13/h2-6,11H,1H3/i7+1. The fourth-order valence-electron chi connectivity index (χ4n) is 1.09. The Morgan fingerprint density at radius 3 is 2.36 bits per heavy atom. The van der Waals surface area contributed by atoms with Crippen LogP contribution in [0, 0.1) is 18.3 Å². The summed E-state index contributed by atoms with van der Waals surface area (Å²) < 4.78 is 24.9. The number of benzene rings is 1. The lowest BCUT2D eigenvalue weighted by molar-refractivity contribution is 0.215. The lowest BCUT2D eigenvalue weighted by Gasteiger charge is -2.04. The highest BCUT2D eigenvalue weighted by atomic mass is 19.3. The summed E-state index contributed by atoms with van der Waals surface area (Å²) in [6, 6.07) is 8.27. The van der Waals surface area contributed by atoms with Gasteiger partial charge in [-0.2, -0.15) is 5.26 Å². The van der Waals surface area contributed by atoms with E-state index < -0.39 is 6.43 Å². The molecule has 0 N–H and O–H groups in total. The van der Waals surface area contributed by atoms with Gasteiger partial charge in [-0.3, -0.25) is 0 Å². The molecule has 0 aliphatic heterocycles. The predicted molar refractivity (Wildman–Crippen MR) is 50.8 cm³/mol. The maximum absolute atomic E-state index is 12.5. The normalized spacial score (nSPS) is 11.5. The molecule has 1 aromatic carbocycles. The van der Waals surface area contributed by atoms with E-state index in [-0.39, 0.29) is 5.57 Å². The van der Waals surface area contributed by atoms with Gasteiger partial charge in [0.25, 0.3) is 6.43 Å². The van der Waals surface area contributed by atoms with Crippen molar-refractivity contribution >= 4 is 5.57 Å².